The van der Waals surface area contributed by atoms with Crippen LogP contribution in [0.4, 0.5) is 0 Å². The number of hydrogen-bond acceptors (Lipinski definition) is 9. The van der Waals surface area contributed by atoms with E-state index in [4.69, 9.17) is 14.2 Å². The summed E-state index contributed by atoms with van der Waals surface area (Å²) in [4.78, 5) is 11.9. The minimum atomic E-state index is -1.01. The Labute approximate surface area is 290 Å². The summed E-state index contributed by atoms with van der Waals surface area (Å²) in [7, 11) is 3.15. The van der Waals surface area contributed by atoms with Gasteiger partial charge >= 0.3 is 0 Å². The van der Waals surface area contributed by atoms with E-state index in [1.807, 2.05) is 85.8 Å². The molecule has 0 aromatic heterocycles. The van der Waals surface area contributed by atoms with E-state index in [9.17, 15) is 25.3 Å². The molecule has 1 rings (SSSR count). The highest BCUT2D eigenvalue weighted by Gasteiger charge is 2.36. The predicted octanol–water partition coefficient (Wildman–Crippen LogP) is 7.04. The van der Waals surface area contributed by atoms with Crippen LogP contribution < -0.4 is 0 Å². The zero-order valence-electron chi connectivity index (χ0n) is 31.2. The van der Waals surface area contributed by atoms with Crippen molar-refractivity contribution >= 4 is 0 Å². The lowest BCUT2D eigenvalue weighted by Gasteiger charge is -2.34. The van der Waals surface area contributed by atoms with Gasteiger partial charge in [0, 0.05) is 30.8 Å². The molecule has 9 heteroatoms. The van der Waals surface area contributed by atoms with Gasteiger partial charge in [0.05, 0.1) is 43.3 Å². The summed E-state index contributed by atoms with van der Waals surface area (Å²) in [5, 5.41) is 47.6. The van der Waals surface area contributed by atoms with Crippen LogP contribution in [0.2, 0.25) is 0 Å². The number of allylic oxidation sites excluding steroid dienone is 7. The standard InChI is InChI=1S/C39H65NO8/c1-12-15-34(41)26(5)18-19-33(40-45)29(8)38(44)30(9)39-35(47-11)17-14-16-24(3)20-27(6)36(42)32(13-2)37(43)28(7)21-25(4)22-31(46-10)23-48-39/h12,14-17,19,21-22,26-30,32,34-39,41-44H,13,18,20,23H2,1-11H3/b15-12?,17-14?,24-16?,25-21?,31-22?,33-19-. The Morgan fingerprint density at radius 2 is 1.79 bits per heavy atom. The first-order chi connectivity index (χ1) is 22.7. The SMILES string of the molecule is CC=CC(O)C(C)C/C=C(\N=O)C(C)C(O)C(C)C1OCC(OC)=CC(C)=CC(C)C(O)C(CC)C(O)C(C)CC(C)=CC=CC1OC. The number of aliphatic hydroxyl groups excluding tert-OH is 4. The molecule has 48 heavy (non-hydrogen) atoms. The molecule has 1 heterocycles. The third kappa shape index (κ3) is 13.5. The van der Waals surface area contributed by atoms with Gasteiger partial charge < -0.3 is 34.6 Å². The number of aliphatic hydroxyl groups is 4. The summed E-state index contributed by atoms with van der Waals surface area (Å²) in [6.07, 6.45) is 12.2. The molecule has 0 spiro atoms. The lowest BCUT2D eigenvalue weighted by molar-refractivity contribution is -0.0946. The monoisotopic (exact) mass is 675 g/mol. The highest BCUT2D eigenvalue weighted by atomic mass is 16.6. The Hall–Kier alpha value is -2.40. The van der Waals surface area contributed by atoms with Crippen molar-refractivity contribution < 1.29 is 34.6 Å². The van der Waals surface area contributed by atoms with E-state index < -0.39 is 48.5 Å². The number of ether oxygens (including phenoxy) is 3. The van der Waals surface area contributed by atoms with Gasteiger partial charge in [-0.2, -0.15) is 0 Å². The molecule has 1 aliphatic heterocycles. The molecule has 0 fully saturated rings. The quantitative estimate of drug-likeness (QED) is 0.128. The topological polar surface area (TPSA) is 138 Å². The minimum absolute atomic E-state index is 0.0700. The van der Waals surface area contributed by atoms with Crippen LogP contribution in [0.1, 0.15) is 81.6 Å². The summed E-state index contributed by atoms with van der Waals surface area (Å²) < 4.78 is 18.0. The molecule has 0 aromatic rings. The summed E-state index contributed by atoms with van der Waals surface area (Å²) in [6, 6.07) is 0. The van der Waals surface area contributed by atoms with Gasteiger partial charge in [-0.25, -0.2) is 0 Å². The van der Waals surface area contributed by atoms with Crippen LogP contribution in [0.25, 0.3) is 0 Å². The van der Waals surface area contributed by atoms with E-state index in [1.165, 1.54) is 0 Å². The van der Waals surface area contributed by atoms with Crippen LogP contribution in [-0.2, 0) is 14.2 Å². The van der Waals surface area contributed by atoms with Crippen LogP contribution in [0.15, 0.2) is 76.4 Å². The predicted molar refractivity (Wildman–Crippen MR) is 194 cm³/mol. The third-order valence-electron chi connectivity index (χ3n) is 9.80. The van der Waals surface area contributed by atoms with Gasteiger partial charge in [0.2, 0.25) is 0 Å². The number of hydrogen-bond donors (Lipinski definition) is 4. The molecule has 12 unspecified atom stereocenters. The Morgan fingerprint density at radius 3 is 2.35 bits per heavy atom. The maximum absolute atomic E-state index is 11.9. The largest absolute Gasteiger partial charge is 0.499 e. The van der Waals surface area contributed by atoms with Crippen molar-refractivity contribution in [3.8, 4) is 0 Å². The first-order valence-corrected chi connectivity index (χ1v) is 17.5. The van der Waals surface area contributed by atoms with Crippen LogP contribution >= 0.6 is 0 Å². The van der Waals surface area contributed by atoms with E-state index >= 15 is 0 Å². The molecule has 0 radical (unpaired) electrons. The average Bonchev–Trinajstić information content (AvgIpc) is 3.05. The summed E-state index contributed by atoms with van der Waals surface area (Å²) >= 11 is 0. The Kier molecular flexibility index (Phi) is 20.3. The normalized spacial score (nSPS) is 30.6. The van der Waals surface area contributed by atoms with Gasteiger partial charge in [0.25, 0.3) is 0 Å². The summed E-state index contributed by atoms with van der Waals surface area (Å²) in [6.45, 7) is 17.3. The lowest BCUT2D eigenvalue weighted by Crippen LogP contribution is -2.43. The molecule has 0 aliphatic carbocycles. The Balaban J connectivity index is 3.54. The zero-order valence-corrected chi connectivity index (χ0v) is 31.2. The molecule has 0 aromatic carbocycles. The van der Waals surface area contributed by atoms with E-state index in [1.54, 1.807) is 39.4 Å². The van der Waals surface area contributed by atoms with Gasteiger partial charge in [-0.3, -0.25) is 0 Å². The van der Waals surface area contributed by atoms with Crippen LogP contribution in [-0.4, -0.2) is 77.9 Å². The van der Waals surface area contributed by atoms with E-state index in [2.05, 4.69) is 5.18 Å². The highest BCUT2D eigenvalue weighted by Crippen LogP contribution is 2.31. The van der Waals surface area contributed by atoms with Crippen molar-refractivity contribution in [1.29, 1.82) is 0 Å². The Bertz CT molecular complexity index is 1140. The summed E-state index contributed by atoms with van der Waals surface area (Å²) in [5.74, 6) is -1.26. The van der Waals surface area contributed by atoms with E-state index in [-0.39, 0.29) is 36.0 Å². The lowest BCUT2D eigenvalue weighted by atomic mass is 9.79. The minimum Gasteiger partial charge on any atom is -0.499 e. The maximum atomic E-state index is 11.9. The van der Waals surface area contributed by atoms with Gasteiger partial charge in [-0.1, -0.05) is 95.2 Å². The second-order valence-electron chi connectivity index (χ2n) is 13.8. The van der Waals surface area contributed by atoms with Crippen LogP contribution in [0.3, 0.4) is 0 Å². The van der Waals surface area contributed by atoms with Crippen molar-refractivity contribution in [2.45, 2.75) is 118 Å². The fourth-order valence-corrected chi connectivity index (χ4v) is 6.51. The number of nitrogens with zero attached hydrogens (tertiary/aromatic N) is 1. The van der Waals surface area contributed by atoms with Gasteiger partial charge in [0.15, 0.2) is 0 Å². The molecule has 0 amide bonds. The summed E-state index contributed by atoms with van der Waals surface area (Å²) in [5.41, 5.74) is 2.15. The Morgan fingerprint density at radius 1 is 1.12 bits per heavy atom. The third-order valence-corrected chi connectivity index (χ3v) is 9.80. The molecule has 1 aliphatic rings. The molecular formula is C39H65NO8. The number of nitroso groups, excluding NO2 is 1. The fourth-order valence-electron chi connectivity index (χ4n) is 6.51. The number of rotatable bonds is 12. The van der Waals surface area contributed by atoms with E-state index in [0.29, 0.717) is 25.0 Å². The molecular weight excluding hydrogens is 610 g/mol. The van der Waals surface area contributed by atoms with Crippen molar-refractivity contribution in [3.63, 3.8) is 0 Å². The molecule has 0 saturated heterocycles. The smallest absolute Gasteiger partial charge is 0.121 e. The molecule has 274 valence electrons. The zero-order chi connectivity index (χ0) is 36.6. The molecule has 0 saturated carbocycles. The van der Waals surface area contributed by atoms with Gasteiger partial charge in [-0.05, 0) is 63.1 Å². The first kappa shape index (κ1) is 43.6. The van der Waals surface area contributed by atoms with Crippen molar-refractivity contribution in [3.05, 3.63) is 76.1 Å². The average molecular weight is 676 g/mol. The number of methoxy groups -OCH3 is 2. The first-order valence-electron chi connectivity index (χ1n) is 17.5. The van der Waals surface area contributed by atoms with Crippen molar-refractivity contribution in [2.75, 3.05) is 20.8 Å². The molecule has 0 bridgehead atoms. The van der Waals surface area contributed by atoms with Crippen molar-refractivity contribution in [1.82, 2.24) is 0 Å². The van der Waals surface area contributed by atoms with Gasteiger partial charge in [0.1, 0.15) is 18.5 Å². The van der Waals surface area contributed by atoms with Gasteiger partial charge in [-0.15, -0.1) is 4.91 Å². The second-order valence-corrected chi connectivity index (χ2v) is 13.8. The highest BCUT2D eigenvalue weighted by molar-refractivity contribution is 5.21. The van der Waals surface area contributed by atoms with Crippen LogP contribution in [0, 0.1) is 40.4 Å². The molecule has 12 atom stereocenters. The van der Waals surface area contributed by atoms with E-state index in [0.717, 1.165) is 11.1 Å². The molecule has 9 nitrogen and oxygen atoms in total. The fraction of sp³-hybridized carbons (Fsp3) is 0.692. The molecule has 4 N–H and O–H groups in total. The maximum Gasteiger partial charge on any atom is 0.121 e. The van der Waals surface area contributed by atoms with Crippen LogP contribution in [0.5, 0.6) is 0 Å². The van der Waals surface area contributed by atoms with Crippen molar-refractivity contribution in [2.24, 2.45) is 40.7 Å². The second kappa shape index (κ2) is 22.3.